The lowest BCUT2D eigenvalue weighted by Gasteiger charge is -2.12. The molecule has 0 amide bonds. The summed E-state index contributed by atoms with van der Waals surface area (Å²) < 4.78 is 0. The molecule has 1 unspecified atom stereocenters. The number of hydrogen-bond donors (Lipinski definition) is 3. The third kappa shape index (κ3) is 2.51. The van der Waals surface area contributed by atoms with E-state index in [0.29, 0.717) is 12.3 Å². The summed E-state index contributed by atoms with van der Waals surface area (Å²) in [5.41, 5.74) is 2.90. The zero-order valence-corrected chi connectivity index (χ0v) is 11.3. The highest BCUT2D eigenvalue weighted by atomic mass is 16.3. The van der Waals surface area contributed by atoms with Crippen LogP contribution in [-0.4, -0.2) is 15.1 Å². The van der Waals surface area contributed by atoms with Crippen molar-refractivity contribution < 1.29 is 5.11 Å². The van der Waals surface area contributed by atoms with Crippen molar-refractivity contribution >= 4 is 11.0 Å². The van der Waals surface area contributed by atoms with E-state index >= 15 is 0 Å². The van der Waals surface area contributed by atoms with Crippen LogP contribution in [0.1, 0.15) is 24.4 Å². The van der Waals surface area contributed by atoms with Gasteiger partial charge in [0.15, 0.2) is 0 Å². The number of hydrogen-bond acceptors (Lipinski definition) is 3. The highest BCUT2D eigenvalue weighted by Crippen LogP contribution is 2.18. The standard InChI is InChI=1S/C16H17N3O/c1-11(17-10-12-6-2-5-9-15(12)20)16-18-13-7-3-4-8-14(13)19-16/h2-9,11,17,20H,10H2,1H3,(H,18,19). The van der Waals surface area contributed by atoms with Crippen LogP contribution in [0.25, 0.3) is 11.0 Å². The van der Waals surface area contributed by atoms with E-state index in [2.05, 4.69) is 22.2 Å². The summed E-state index contributed by atoms with van der Waals surface area (Å²) in [6.07, 6.45) is 0. The molecule has 3 rings (SSSR count). The summed E-state index contributed by atoms with van der Waals surface area (Å²) in [4.78, 5) is 7.88. The number of aromatic hydroxyl groups is 1. The van der Waals surface area contributed by atoms with Crippen LogP contribution in [0.2, 0.25) is 0 Å². The van der Waals surface area contributed by atoms with Crippen molar-refractivity contribution in [3.05, 3.63) is 59.9 Å². The van der Waals surface area contributed by atoms with Gasteiger partial charge in [0.25, 0.3) is 0 Å². The molecule has 0 aliphatic carbocycles. The number of imidazole rings is 1. The van der Waals surface area contributed by atoms with Gasteiger partial charge < -0.3 is 15.4 Å². The first-order valence-electron chi connectivity index (χ1n) is 6.69. The van der Waals surface area contributed by atoms with Gasteiger partial charge in [-0.15, -0.1) is 0 Å². The average Bonchev–Trinajstić information content (AvgIpc) is 2.90. The summed E-state index contributed by atoms with van der Waals surface area (Å²) in [7, 11) is 0. The van der Waals surface area contributed by atoms with E-state index in [0.717, 1.165) is 22.4 Å². The Hall–Kier alpha value is -2.33. The van der Waals surface area contributed by atoms with E-state index in [1.54, 1.807) is 6.07 Å². The molecular formula is C16H17N3O. The van der Waals surface area contributed by atoms with Crippen molar-refractivity contribution in [3.8, 4) is 5.75 Å². The maximum atomic E-state index is 9.74. The molecule has 4 nitrogen and oxygen atoms in total. The lowest BCUT2D eigenvalue weighted by Crippen LogP contribution is -2.19. The van der Waals surface area contributed by atoms with Gasteiger partial charge in [-0.25, -0.2) is 4.98 Å². The van der Waals surface area contributed by atoms with Crippen LogP contribution in [0.5, 0.6) is 5.75 Å². The summed E-state index contributed by atoms with van der Waals surface area (Å²) in [5, 5.41) is 13.1. The molecule has 0 saturated carbocycles. The second-order valence-electron chi connectivity index (χ2n) is 4.87. The van der Waals surface area contributed by atoms with Crippen LogP contribution in [0.3, 0.4) is 0 Å². The van der Waals surface area contributed by atoms with Crippen molar-refractivity contribution in [3.63, 3.8) is 0 Å². The average molecular weight is 267 g/mol. The van der Waals surface area contributed by atoms with Crippen LogP contribution in [-0.2, 0) is 6.54 Å². The predicted octanol–water partition coefficient (Wildman–Crippen LogP) is 3.12. The fourth-order valence-electron chi connectivity index (χ4n) is 2.20. The Morgan fingerprint density at radius 1 is 1.15 bits per heavy atom. The first-order valence-corrected chi connectivity index (χ1v) is 6.69. The Kier molecular flexibility index (Phi) is 3.39. The number of nitrogens with zero attached hydrogens (tertiary/aromatic N) is 1. The number of benzene rings is 2. The molecular weight excluding hydrogens is 250 g/mol. The minimum absolute atomic E-state index is 0.0852. The minimum atomic E-state index is 0.0852. The highest BCUT2D eigenvalue weighted by Gasteiger charge is 2.10. The molecule has 1 atom stereocenters. The Labute approximate surface area is 117 Å². The van der Waals surface area contributed by atoms with Gasteiger partial charge in [0.1, 0.15) is 11.6 Å². The number of H-pyrrole nitrogens is 1. The van der Waals surface area contributed by atoms with E-state index < -0.39 is 0 Å². The van der Waals surface area contributed by atoms with E-state index in [9.17, 15) is 5.11 Å². The number of aromatic amines is 1. The molecule has 4 heteroatoms. The lowest BCUT2D eigenvalue weighted by molar-refractivity contribution is 0.459. The van der Waals surface area contributed by atoms with E-state index in [4.69, 9.17) is 0 Å². The highest BCUT2D eigenvalue weighted by molar-refractivity contribution is 5.74. The molecule has 3 N–H and O–H groups in total. The van der Waals surface area contributed by atoms with Crippen LogP contribution in [0.15, 0.2) is 48.5 Å². The minimum Gasteiger partial charge on any atom is -0.508 e. The fraction of sp³-hybridized carbons (Fsp3) is 0.188. The third-order valence-electron chi connectivity index (χ3n) is 3.41. The van der Waals surface area contributed by atoms with E-state index in [1.165, 1.54) is 0 Å². The van der Waals surface area contributed by atoms with Gasteiger partial charge in [0, 0.05) is 12.1 Å². The van der Waals surface area contributed by atoms with Gasteiger partial charge in [-0.2, -0.15) is 0 Å². The zero-order chi connectivity index (χ0) is 13.9. The molecule has 0 bridgehead atoms. The molecule has 0 spiro atoms. The summed E-state index contributed by atoms with van der Waals surface area (Å²) in [6, 6.07) is 15.4. The molecule has 3 aromatic rings. The van der Waals surface area contributed by atoms with Crippen molar-refractivity contribution in [2.24, 2.45) is 0 Å². The van der Waals surface area contributed by atoms with Gasteiger partial charge in [-0.3, -0.25) is 0 Å². The molecule has 20 heavy (non-hydrogen) atoms. The van der Waals surface area contributed by atoms with Gasteiger partial charge in [0.05, 0.1) is 17.1 Å². The number of nitrogens with one attached hydrogen (secondary N) is 2. The molecule has 2 aromatic carbocycles. The number of fused-ring (bicyclic) bond motifs is 1. The smallest absolute Gasteiger partial charge is 0.124 e. The molecule has 0 radical (unpaired) electrons. The zero-order valence-electron chi connectivity index (χ0n) is 11.3. The number of phenolic OH excluding ortho intramolecular Hbond substituents is 1. The fourth-order valence-corrected chi connectivity index (χ4v) is 2.20. The Morgan fingerprint density at radius 2 is 1.90 bits per heavy atom. The molecule has 0 saturated heterocycles. The molecule has 1 heterocycles. The maximum Gasteiger partial charge on any atom is 0.124 e. The first kappa shape index (κ1) is 12.7. The van der Waals surface area contributed by atoms with Crippen molar-refractivity contribution in [1.82, 2.24) is 15.3 Å². The first-order chi connectivity index (χ1) is 9.74. The van der Waals surface area contributed by atoms with Gasteiger partial charge >= 0.3 is 0 Å². The number of aromatic nitrogens is 2. The molecule has 0 fully saturated rings. The van der Waals surface area contributed by atoms with Crippen molar-refractivity contribution in [2.75, 3.05) is 0 Å². The van der Waals surface area contributed by atoms with Gasteiger partial charge in [0.2, 0.25) is 0 Å². The van der Waals surface area contributed by atoms with Crippen molar-refractivity contribution in [2.45, 2.75) is 19.5 Å². The van der Waals surface area contributed by atoms with Crippen molar-refractivity contribution in [1.29, 1.82) is 0 Å². The largest absolute Gasteiger partial charge is 0.508 e. The summed E-state index contributed by atoms with van der Waals surface area (Å²) in [5.74, 6) is 1.22. The number of phenols is 1. The summed E-state index contributed by atoms with van der Waals surface area (Å²) >= 11 is 0. The van der Waals surface area contributed by atoms with Crippen LogP contribution in [0.4, 0.5) is 0 Å². The molecule has 0 aliphatic rings. The van der Waals surface area contributed by atoms with Crippen LogP contribution < -0.4 is 5.32 Å². The number of para-hydroxylation sites is 3. The SMILES string of the molecule is CC(NCc1ccccc1O)c1nc2ccccc2[nH]1. The van der Waals surface area contributed by atoms with E-state index in [-0.39, 0.29) is 6.04 Å². The van der Waals surface area contributed by atoms with Gasteiger partial charge in [-0.05, 0) is 25.1 Å². The third-order valence-corrected chi connectivity index (χ3v) is 3.41. The second-order valence-corrected chi connectivity index (χ2v) is 4.87. The monoisotopic (exact) mass is 267 g/mol. The lowest BCUT2D eigenvalue weighted by atomic mass is 10.2. The normalized spacial score (nSPS) is 12.7. The van der Waals surface area contributed by atoms with E-state index in [1.807, 2.05) is 42.5 Å². The maximum absolute atomic E-state index is 9.74. The summed E-state index contributed by atoms with van der Waals surface area (Å²) in [6.45, 7) is 2.66. The Morgan fingerprint density at radius 3 is 2.70 bits per heavy atom. The number of rotatable bonds is 4. The van der Waals surface area contributed by atoms with Crippen LogP contribution in [0, 0.1) is 0 Å². The second kappa shape index (κ2) is 5.35. The Bertz CT molecular complexity index is 687. The van der Waals surface area contributed by atoms with Gasteiger partial charge in [-0.1, -0.05) is 30.3 Å². The molecule has 0 aliphatic heterocycles. The quantitative estimate of drug-likeness (QED) is 0.680. The molecule has 1 aromatic heterocycles. The Balaban J connectivity index is 1.73. The molecule has 102 valence electrons. The predicted molar refractivity (Wildman–Crippen MR) is 79.5 cm³/mol. The topological polar surface area (TPSA) is 60.9 Å². The van der Waals surface area contributed by atoms with Crippen LogP contribution >= 0.6 is 0 Å².